The van der Waals surface area contributed by atoms with Gasteiger partial charge < -0.3 is 14.8 Å². The molecule has 5 nitrogen and oxygen atoms in total. The topological polar surface area (TPSA) is 64.6 Å². The molecule has 0 saturated heterocycles. The number of halogens is 2. The quantitative estimate of drug-likeness (QED) is 0.547. The van der Waals surface area contributed by atoms with Gasteiger partial charge in [-0.05, 0) is 48.9 Å². The van der Waals surface area contributed by atoms with Crippen LogP contribution in [0.2, 0.25) is 5.02 Å². The maximum absolute atomic E-state index is 13.2. The van der Waals surface area contributed by atoms with Gasteiger partial charge in [0, 0.05) is 12.1 Å². The van der Waals surface area contributed by atoms with Crippen LogP contribution >= 0.6 is 11.6 Å². The Labute approximate surface area is 161 Å². The summed E-state index contributed by atoms with van der Waals surface area (Å²) in [4.78, 5) is 23.7. The van der Waals surface area contributed by atoms with Crippen LogP contribution < -0.4 is 14.8 Å². The third-order valence-electron chi connectivity index (χ3n) is 3.55. The number of amides is 1. The molecule has 0 spiro atoms. The second-order valence-electron chi connectivity index (χ2n) is 5.48. The Morgan fingerprint density at radius 3 is 2.63 bits per heavy atom. The number of methoxy groups -OCH3 is 1. The van der Waals surface area contributed by atoms with Gasteiger partial charge in [-0.2, -0.15) is 0 Å². The van der Waals surface area contributed by atoms with Crippen molar-refractivity contribution in [1.29, 1.82) is 0 Å². The van der Waals surface area contributed by atoms with E-state index in [1.165, 1.54) is 25.3 Å². The van der Waals surface area contributed by atoms with Crippen molar-refractivity contribution in [3.8, 4) is 11.5 Å². The SMILES string of the molecule is CCNC(=O)COc1ccc(C=CC(=O)c2ccc(F)c(Cl)c2)cc1OC. The number of allylic oxidation sites excluding steroid dienone is 1. The van der Waals surface area contributed by atoms with E-state index in [0.717, 1.165) is 6.07 Å². The Morgan fingerprint density at radius 2 is 1.96 bits per heavy atom. The molecule has 1 N–H and O–H groups in total. The van der Waals surface area contributed by atoms with Crippen LogP contribution in [0.25, 0.3) is 6.08 Å². The predicted molar refractivity (Wildman–Crippen MR) is 102 cm³/mol. The first-order valence-corrected chi connectivity index (χ1v) is 8.57. The van der Waals surface area contributed by atoms with Crippen LogP contribution in [0.5, 0.6) is 11.5 Å². The molecule has 0 aromatic heterocycles. The van der Waals surface area contributed by atoms with E-state index in [2.05, 4.69) is 5.32 Å². The number of benzene rings is 2. The van der Waals surface area contributed by atoms with Crippen LogP contribution in [0.3, 0.4) is 0 Å². The van der Waals surface area contributed by atoms with E-state index >= 15 is 0 Å². The summed E-state index contributed by atoms with van der Waals surface area (Å²) in [6, 6.07) is 8.84. The second-order valence-corrected chi connectivity index (χ2v) is 5.89. The summed E-state index contributed by atoms with van der Waals surface area (Å²) < 4.78 is 23.9. The van der Waals surface area contributed by atoms with E-state index in [0.29, 0.717) is 23.6 Å². The molecule has 27 heavy (non-hydrogen) atoms. The molecule has 0 fully saturated rings. The van der Waals surface area contributed by atoms with E-state index in [-0.39, 0.29) is 28.9 Å². The minimum atomic E-state index is -0.579. The molecule has 0 heterocycles. The summed E-state index contributed by atoms with van der Waals surface area (Å²) in [7, 11) is 1.48. The van der Waals surface area contributed by atoms with Crippen LogP contribution in [0.15, 0.2) is 42.5 Å². The van der Waals surface area contributed by atoms with Crippen molar-refractivity contribution in [2.75, 3.05) is 20.3 Å². The van der Waals surface area contributed by atoms with Gasteiger partial charge in [0.05, 0.1) is 12.1 Å². The highest BCUT2D eigenvalue weighted by molar-refractivity contribution is 6.31. The molecule has 0 aliphatic carbocycles. The fourth-order valence-electron chi connectivity index (χ4n) is 2.22. The molecule has 0 aliphatic rings. The molecule has 0 aliphatic heterocycles. The molecular formula is C20H19ClFNO4. The Kier molecular flexibility index (Phi) is 7.37. The molecule has 0 saturated carbocycles. The largest absolute Gasteiger partial charge is 0.493 e. The summed E-state index contributed by atoms with van der Waals surface area (Å²) in [6.45, 7) is 2.22. The molecule has 7 heteroatoms. The first-order chi connectivity index (χ1) is 12.9. The number of nitrogens with one attached hydrogen (secondary N) is 1. The van der Waals surface area contributed by atoms with Gasteiger partial charge >= 0.3 is 0 Å². The number of hydrogen-bond donors (Lipinski definition) is 1. The van der Waals surface area contributed by atoms with Gasteiger partial charge in [0.25, 0.3) is 5.91 Å². The van der Waals surface area contributed by atoms with Gasteiger partial charge in [-0.3, -0.25) is 9.59 Å². The summed E-state index contributed by atoms with van der Waals surface area (Å²) in [6.07, 6.45) is 2.95. The van der Waals surface area contributed by atoms with Gasteiger partial charge in [0.2, 0.25) is 0 Å². The van der Waals surface area contributed by atoms with E-state index in [9.17, 15) is 14.0 Å². The Hall–Kier alpha value is -2.86. The molecule has 0 atom stereocenters. The summed E-state index contributed by atoms with van der Waals surface area (Å²) in [5.74, 6) is -0.277. The van der Waals surface area contributed by atoms with Crippen molar-refractivity contribution in [2.24, 2.45) is 0 Å². The molecule has 142 valence electrons. The molecule has 1 amide bonds. The number of rotatable bonds is 8. The average molecular weight is 392 g/mol. The lowest BCUT2D eigenvalue weighted by molar-refractivity contribution is -0.123. The summed E-state index contributed by atoms with van der Waals surface area (Å²) >= 11 is 5.69. The van der Waals surface area contributed by atoms with Crippen molar-refractivity contribution in [3.05, 3.63) is 64.4 Å². The van der Waals surface area contributed by atoms with Crippen LogP contribution in [0, 0.1) is 5.82 Å². The zero-order valence-electron chi connectivity index (χ0n) is 14.9. The summed E-state index contributed by atoms with van der Waals surface area (Å²) in [5.41, 5.74) is 0.977. The highest BCUT2D eigenvalue weighted by Gasteiger charge is 2.09. The standard InChI is InChI=1S/C20H19ClFNO4/c1-3-23-20(25)12-27-18-9-5-13(10-19(18)26-2)4-8-17(24)14-6-7-16(22)15(21)11-14/h4-11H,3,12H2,1-2H3,(H,23,25). The van der Waals surface area contributed by atoms with E-state index < -0.39 is 5.82 Å². The second kappa shape index (κ2) is 9.73. The van der Waals surface area contributed by atoms with E-state index in [1.807, 2.05) is 6.92 Å². The zero-order chi connectivity index (χ0) is 19.8. The predicted octanol–water partition coefficient (Wildman–Crippen LogP) is 3.90. The van der Waals surface area contributed by atoms with Gasteiger partial charge in [0.1, 0.15) is 5.82 Å². The highest BCUT2D eigenvalue weighted by atomic mass is 35.5. The molecule has 0 unspecified atom stereocenters. The zero-order valence-corrected chi connectivity index (χ0v) is 15.7. The first kappa shape index (κ1) is 20.5. The highest BCUT2D eigenvalue weighted by Crippen LogP contribution is 2.28. The van der Waals surface area contributed by atoms with Crippen molar-refractivity contribution in [2.45, 2.75) is 6.92 Å². The van der Waals surface area contributed by atoms with E-state index in [1.54, 1.807) is 24.3 Å². The first-order valence-electron chi connectivity index (χ1n) is 8.19. The van der Waals surface area contributed by atoms with Gasteiger partial charge in [-0.15, -0.1) is 0 Å². The lowest BCUT2D eigenvalue weighted by Gasteiger charge is -2.11. The van der Waals surface area contributed by atoms with E-state index in [4.69, 9.17) is 21.1 Å². The number of likely N-dealkylation sites (N-methyl/N-ethyl adjacent to an activating group) is 1. The molecule has 2 aromatic rings. The minimum Gasteiger partial charge on any atom is -0.493 e. The number of ketones is 1. The van der Waals surface area contributed by atoms with Crippen molar-refractivity contribution in [3.63, 3.8) is 0 Å². The number of carbonyl (C=O) groups is 2. The third-order valence-corrected chi connectivity index (χ3v) is 3.84. The minimum absolute atomic E-state index is 0.107. The van der Waals surface area contributed by atoms with Gasteiger partial charge in [-0.1, -0.05) is 23.7 Å². The fourth-order valence-corrected chi connectivity index (χ4v) is 2.40. The molecule has 2 rings (SSSR count). The van der Waals surface area contributed by atoms with Crippen molar-refractivity contribution >= 4 is 29.4 Å². The summed E-state index contributed by atoms with van der Waals surface area (Å²) in [5, 5.41) is 2.53. The van der Waals surface area contributed by atoms with Crippen LogP contribution in [-0.2, 0) is 4.79 Å². The third kappa shape index (κ3) is 5.82. The fraction of sp³-hybridized carbons (Fsp3) is 0.200. The lowest BCUT2D eigenvalue weighted by Crippen LogP contribution is -2.28. The number of hydrogen-bond acceptors (Lipinski definition) is 4. The molecular weight excluding hydrogens is 373 g/mol. The van der Waals surface area contributed by atoms with Gasteiger partial charge in [-0.25, -0.2) is 4.39 Å². The average Bonchev–Trinajstić information content (AvgIpc) is 2.67. The maximum atomic E-state index is 13.2. The monoisotopic (exact) mass is 391 g/mol. The Balaban J connectivity index is 2.09. The molecule has 0 bridgehead atoms. The Morgan fingerprint density at radius 1 is 1.19 bits per heavy atom. The smallest absolute Gasteiger partial charge is 0.257 e. The lowest BCUT2D eigenvalue weighted by atomic mass is 10.1. The van der Waals surface area contributed by atoms with Crippen molar-refractivity contribution in [1.82, 2.24) is 5.32 Å². The van der Waals surface area contributed by atoms with Crippen molar-refractivity contribution < 1.29 is 23.5 Å². The molecule has 0 radical (unpaired) electrons. The van der Waals surface area contributed by atoms with Crippen LogP contribution in [-0.4, -0.2) is 32.0 Å². The normalized spacial score (nSPS) is 10.7. The van der Waals surface area contributed by atoms with Gasteiger partial charge in [0.15, 0.2) is 23.9 Å². The maximum Gasteiger partial charge on any atom is 0.257 e. The Bertz CT molecular complexity index is 867. The van der Waals surface area contributed by atoms with Crippen LogP contribution in [0.4, 0.5) is 4.39 Å². The van der Waals surface area contributed by atoms with Crippen LogP contribution in [0.1, 0.15) is 22.8 Å². The number of ether oxygens (including phenoxy) is 2. The molecule has 2 aromatic carbocycles. The number of carbonyl (C=O) groups excluding carboxylic acids is 2.